The molecule has 1 saturated heterocycles. The quantitative estimate of drug-likeness (QED) is 0.859. The van der Waals surface area contributed by atoms with Crippen LogP contribution in [0.4, 0.5) is 15.8 Å². The summed E-state index contributed by atoms with van der Waals surface area (Å²) in [5, 5.41) is 3.55. The molecule has 0 aliphatic carbocycles. The number of rotatable bonds is 5. The second kappa shape index (κ2) is 8.52. The Morgan fingerprint density at radius 3 is 2.50 bits per heavy atom. The van der Waals surface area contributed by atoms with Crippen LogP contribution in [0.5, 0.6) is 0 Å². The molecular formula is C20H23ClFN3O. The first-order valence-corrected chi connectivity index (χ1v) is 9.18. The normalized spacial score (nSPS) is 15.1. The minimum atomic E-state index is -0.215. The summed E-state index contributed by atoms with van der Waals surface area (Å²) >= 11 is 5.99. The van der Waals surface area contributed by atoms with Crippen LogP contribution in [0.15, 0.2) is 42.5 Å². The largest absolute Gasteiger partial charge is 0.369 e. The zero-order valence-corrected chi connectivity index (χ0v) is 15.6. The van der Waals surface area contributed by atoms with Crippen molar-refractivity contribution in [1.82, 2.24) is 4.90 Å². The van der Waals surface area contributed by atoms with E-state index in [1.165, 1.54) is 12.1 Å². The molecule has 0 aromatic heterocycles. The maximum atomic E-state index is 13.0. The first-order chi connectivity index (χ1) is 12.5. The van der Waals surface area contributed by atoms with E-state index in [-0.39, 0.29) is 11.7 Å². The minimum Gasteiger partial charge on any atom is -0.369 e. The number of piperazine rings is 1. The van der Waals surface area contributed by atoms with Crippen molar-refractivity contribution in [3.05, 3.63) is 58.9 Å². The van der Waals surface area contributed by atoms with Gasteiger partial charge in [0, 0.05) is 55.5 Å². The fourth-order valence-corrected chi connectivity index (χ4v) is 3.25. The topological polar surface area (TPSA) is 35.6 Å². The lowest BCUT2D eigenvalue weighted by Gasteiger charge is -2.36. The van der Waals surface area contributed by atoms with Crippen LogP contribution in [0.25, 0.3) is 0 Å². The molecule has 0 bridgehead atoms. The van der Waals surface area contributed by atoms with Crippen molar-refractivity contribution in [3.63, 3.8) is 0 Å². The highest BCUT2D eigenvalue weighted by Gasteiger charge is 2.18. The van der Waals surface area contributed by atoms with Crippen LogP contribution in [0, 0.1) is 12.7 Å². The molecule has 1 aliphatic rings. The lowest BCUT2D eigenvalue weighted by molar-refractivity contribution is -0.116. The molecule has 26 heavy (non-hydrogen) atoms. The van der Waals surface area contributed by atoms with Gasteiger partial charge in [0.1, 0.15) is 5.82 Å². The molecule has 0 spiro atoms. The number of benzene rings is 2. The van der Waals surface area contributed by atoms with Gasteiger partial charge in [-0.3, -0.25) is 9.69 Å². The molecule has 0 radical (unpaired) electrons. The third kappa shape index (κ3) is 4.96. The number of halogens is 2. The summed E-state index contributed by atoms with van der Waals surface area (Å²) < 4.78 is 13.0. The Hall–Kier alpha value is -2.11. The fourth-order valence-electron chi connectivity index (χ4n) is 3.08. The van der Waals surface area contributed by atoms with Crippen LogP contribution in [0.1, 0.15) is 12.0 Å². The van der Waals surface area contributed by atoms with Crippen molar-refractivity contribution < 1.29 is 9.18 Å². The molecule has 1 heterocycles. The Balaban J connectivity index is 1.44. The van der Waals surface area contributed by atoms with E-state index in [0.717, 1.165) is 49.7 Å². The molecule has 0 atom stereocenters. The first kappa shape index (κ1) is 18.7. The van der Waals surface area contributed by atoms with E-state index >= 15 is 0 Å². The zero-order valence-electron chi connectivity index (χ0n) is 14.8. The van der Waals surface area contributed by atoms with Gasteiger partial charge in [-0.25, -0.2) is 4.39 Å². The number of carbonyl (C=O) groups is 1. The molecule has 0 saturated carbocycles. The summed E-state index contributed by atoms with van der Waals surface area (Å²) in [7, 11) is 0. The van der Waals surface area contributed by atoms with Gasteiger partial charge < -0.3 is 10.2 Å². The highest BCUT2D eigenvalue weighted by molar-refractivity contribution is 6.31. The lowest BCUT2D eigenvalue weighted by Crippen LogP contribution is -2.47. The van der Waals surface area contributed by atoms with E-state index in [0.29, 0.717) is 11.4 Å². The first-order valence-electron chi connectivity index (χ1n) is 8.80. The monoisotopic (exact) mass is 375 g/mol. The van der Waals surface area contributed by atoms with Crippen molar-refractivity contribution in [2.24, 2.45) is 0 Å². The Kier molecular flexibility index (Phi) is 6.12. The fraction of sp³-hybridized carbons (Fsp3) is 0.350. The Morgan fingerprint density at radius 2 is 1.81 bits per heavy atom. The number of hydrogen-bond donors (Lipinski definition) is 1. The molecule has 138 valence electrons. The number of aryl methyl sites for hydroxylation is 1. The van der Waals surface area contributed by atoms with Gasteiger partial charge in [0.05, 0.1) is 0 Å². The summed E-state index contributed by atoms with van der Waals surface area (Å²) in [6.45, 7) is 6.20. The number of nitrogens with zero attached hydrogens (tertiary/aromatic N) is 2. The molecule has 2 aromatic carbocycles. The molecule has 1 aliphatic heterocycles. The summed E-state index contributed by atoms with van der Waals surface area (Å²) in [6.07, 6.45) is 0.447. The number of nitrogens with one attached hydrogen (secondary N) is 1. The predicted octanol–water partition coefficient (Wildman–Crippen LogP) is 3.94. The molecular weight excluding hydrogens is 353 g/mol. The Morgan fingerprint density at radius 1 is 1.12 bits per heavy atom. The van der Waals surface area contributed by atoms with E-state index in [9.17, 15) is 9.18 Å². The van der Waals surface area contributed by atoms with Gasteiger partial charge in [-0.2, -0.15) is 0 Å². The van der Waals surface area contributed by atoms with Gasteiger partial charge in [-0.1, -0.05) is 17.7 Å². The molecule has 1 fully saturated rings. The third-order valence-electron chi connectivity index (χ3n) is 4.69. The van der Waals surface area contributed by atoms with Crippen LogP contribution in [-0.2, 0) is 4.79 Å². The van der Waals surface area contributed by atoms with Crippen LogP contribution in [0.3, 0.4) is 0 Å². The summed E-state index contributed by atoms with van der Waals surface area (Å²) in [5.74, 6) is -0.218. The molecule has 2 aromatic rings. The number of anilines is 2. The van der Waals surface area contributed by atoms with Crippen molar-refractivity contribution in [2.45, 2.75) is 13.3 Å². The summed E-state index contributed by atoms with van der Waals surface area (Å²) in [4.78, 5) is 16.7. The maximum absolute atomic E-state index is 13.0. The molecule has 0 unspecified atom stereocenters. The van der Waals surface area contributed by atoms with E-state index in [1.54, 1.807) is 6.07 Å². The Bertz CT molecular complexity index is 758. The molecule has 1 amide bonds. The number of amides is 1. The molecule has 1 N–H and O–H groups in total. The van der Waals surface area contributed by atoms with Crippen LogP contribution in [-0.4, -0.2) is 43.5 Å². The van der Waals surface area contributed by atoms with Gasteiger partial charge in [0.15, 0.2) is 0 Å². The van der Waals surface area contributed by atoms with E-state index in [1.807, 2.05) is 31.2 Å². The van der Waals surface area contributed by atoms with Gasteiger partial charge >= 0.3 is 0 Å². The summed E-state index contributed by atoms with van der Waals surface area (Å²) in [5.41, 5.74) is 2.81. The van der Waals surface area contributed by atoms with Crippen molar-refractivity contribution in [2.75, 3.05) is 42.9 Å². The third-order valence-corrected chi connectivity index (χ3v) is 4.93. The second-order valence-corrected chi connectivity index (χ2v) is 7.00. The second-order valence-electron chi connectivity index (χ2n) is 6.56. The van der Waals surface area contributed by atoms with Crippen LogP contribution in [0.2, 0.25) is 5.02 Å². The number of carbonyl (C=O) groups excluding carboxylic acids is 1. The molecule has 6 heteroatoms. The van der Waals surface area contributed by atoms with E-state index in [4.69, 9.17) is 11.6 Å². The number of hydrogen-bond acceptors (Lipinski definition) is 3. The highest BCUT2D eigenvalue weighted by atomic mass is 35.5. The SMILES string of the molecule is Cc1ccc(Cl)cc1NC(=O)CCN1CCN(c2ccc(F)cc2)CC1. The maximum Gasteiger partial charge on any atom is 0.225 e. The average Bonchev–Trinajstić information content (AvgIpc) is 2.64. The van der Waals surface area contributed by atoms with Crippen molar-refractivity contribution in [1.29, 1.82) is 0 Å². The van der Waals surface area contributed by atoms with Crippen molar-refractivity contribution in [3.8, 4) is 0 Å². The van der Waals surface area contributed by atoms with Gasteiger partial charge in [-0.15, -0.1) is 0 Å². The average molecular weight is 376 g/mol. The minimum absolute atomic E-state index is 0.00340. The van der Waals surface area contributed by atoms with Gasteiger partial charge in [-0.05, 0) is 48.9 Å². The summed E-state index contributed by atoms with van der Waals surface area (Å²) in [6, 6.07) is 12.1. The van der Waals surface area contributed by atoms with Crippen LogP contribution < -0.4 is 10.2 Å². The van der Waals surface area contributed by atoms with Gasteiger partial charge in [0.25, 0.3) is 0 Å². The van der Waals surface area contributed by atoms with Crippen LogP contribution >= 0.6 is 11.6 Å². The van der Waals surface area contributed by atoms with E-state index < -0.39 is 0 Å². The van der Waals surface area contributed by atoms with Gasteiger partial charge in [0.2, 0.25) is 5.91 Å². The van der Waals surface area contributed by atoms with Crippen molar-refractivity contribution >= 4 is 28.9 Å². The standard InChI is InChI=1S/C20H23ClFN3O/c1-15-2-3-16(21)14-19(15)23-20(26)8-9-24-10-12-25(13-11-24)18-6-4-17(22)5-7-18/h2-7,14H,8-13H2,1H3,(H,23,26). The smallest absolute Gasteiger partial charge is 0.225 e. The zero-order chi connectivity index (χ0) is 18.5. The predicted molar refractivity (Wildman–Crippen MR) is 104 cm³/mol. The highest BCUT2D eigenvalue weighted by Crippen LogP contribution is 2.20. The molecule has 4 nitrogen and oxygen atoms in total. The lowest BCUT2D eigenvalue weighted by atomic mass is 10.2. The Labute approximate surface area is 158 Å². The van der Waals surface area contributed by atoms with E-state index in [2.05, 4.69) is 15.1 Å². The molecule has 3 rings (SSSR count).